The first-order valence-corrected chi connectivity index (χ1v) is 17.2. The van der Waals surface area contributed by atoms with Gasteiger partial charge in [0, 0.05) is 13.1 Å². The molecule has 2 saturated heterocycles. The fraction of sp³-hybridized carbons (Fsp3) is 0.405. The summed E-state index contributed by atoms with van der Waals surface area (Å²) in [7, 11) is 2.57. The van der Waals surface area contributed by atoms with E-state index in [9.17, 15) is 19.2 Å². The van der Waals surface area contributed by atoms with Crippen molar-refractivity contribution < 1.29 is 28.7 Å². The number of imidazole rings is 2. The Balaban J connectivity index is 1.08. The predicted molar refractivity (Wildman–Crippen MR) is 189 cm³/mol. The molecule has 2 unspecified atom stereocenters. The summed E-state index contributed by atoms with van der Waals surface area (Å²) >= 11 is 0. The van der Waals surface area contributed by atoms with Crippen LogP contribution in [0.5, 0.6) is 0 Å². The number of piperidine rings is 1. The first-order chi connectivity index (χ1) is 24.6. The van der Waals surface area contributed by atoms with Crippen LogP contribution in [0.15, 0.2) is 60.9 Å². The van der Waals surface area contributed by atoms with Gasteiger partial charge in [-0.15, -0.1) is 0 Å². The van der Waals surface area contributed by atoms with Crippen molar-refractivity contribution in [3.05, 3.63) is 72.6 Å². The molecule has 2 aliphatic rings. The molecule has 0 radical (unpaired) electrons. The van der Waals surface area contributed by atoms with Crippen LogP contribution in [0.2, 0.25) is 0 Å². The van der Waals surface area contributed by atoms with E-state index in [2.05, 4.69) is 59.6 Å². The smallest absolute Gasteiger partial charge is 0.407 e. The minimum atomic E-state index is -0.685. The lowest BCUT2D eigenvalue weighted by Gasteiger charge is -2.31. The van der Waals surface area contributed by atoms with Crippen molar-refractivity contribution in [3.8, 4) is 33.6 Å². The molecule has 268 valence electrons. The number of nitrogens with one attached hydrogen (secondary N) is 4. The number of ether oxygens (including phenoxy) is 2. The van der Waals surface area contributed by atoms with E-state index in [1.165, 1.54) is 14.2 Å². The zero-order valence-electron chi connectivity index (χ0n) is 29.3. The Morgan fingerprint density at radius 3 is 2.04 bits per heavy atom. The van der Waals surface area contributed by atoms with Gasteiger partial charge >= 0.3 is 12.2 Å². The summed E-state index contributed by atoms with van der Waals surface area (Å²) in [5.41, 5.74) is 5.75. The van der Waals surface area contributed by atoms with Crippen LogP contribution in [0.4, 0.5) is 9.59 Å². The molecule has 3 atom stereocenters. The van der Waals surface area contributed by atoms with Gasteiger partial charge in [0.1, 0.15) is 23.7 Å². The molecule has 51 heavy (non-hydrogen) atoms. The fourth-order valence-corrected chi connectivity index (χ4v) is 6.73. The Morgan fingerprint density at radius 1 is 0.824 bits per heavy atom. The Labute approximate surface area is 296 Å². The van der Waals surface area contributed by atoms with Crippen LogP contribution in [0.1, 0.15) is 57.2 Å². The van der Waals surface area contributed by atoms with Crippen molar-refractivity contribution in [1.29, 1.82) is 0 Å². The molecule has 4 heterocycles. The molecule has 14 heteroatoms. The van der Waals surface area contributed by atoms with Gasteiger partial charge in [0.2, 0.25) is 11.8 Å². The number of alkyl carbamates (subject to hydrolysis) is 2. The molecule has 4 aromatic rings. The van der Waals surface area contributed by atoms with E-state index in [0.717, 1.165) is 58.7 Å². The highest BCUT2D eigenvalue weighted by atomic mass is 16.5. The lowest BCUT2D eigenvalue weighted by molar-refractivity contribution is -0.136. The molecule has 0 aliphatic carbocycles. The van der Waals surface area contributed by atoms with Gasteiger partial charge < -0.3 is 39.9 Å². The topological polar surface area (TPSA) is 175 Å². The number of hydrogen-bond donors (Lipinski definition) is 4. The molecule has 0 bridgehead atoms. The summed E-state index contributed by atoms with van der Waals surface area (Å²) in [5, 5.41) is 5.30. The maximum absolute atomic E-state index is 13.5. The highest BCUT2D eigenvalue weighted by molar-refractivity contribution is 5.87. The van der Waals surface area contributed by atoms with Gasteiger partial charge in [-0.25, -0.2) is 19.6 Å². The molecule has 2 aromatic heterocycles. The molecule has 4 N–H and O–H groups in total. The van der Waals surface area contributed by atoms with Gasteiger partial charge in [0.05, 0.1) is 50.6 Å². The van der Waals surface area contributed by atoms with Crippen molar-refractivity contribution in [2.24, 2.45) is 5.92 Å². The highest BCUT2D eigenvalue weighted by Gasteiger charge is 2.37. The number of carbonyl (C=O) groups excluding carboxylic acids is 4. The van der Waals surface area contributed by atoms with E-state index in [1.54, 1.807) is 22.2 Å². The standard InChI is InChI=1S/C37H44N8O6/c1-22(2)32(43-37(49)51-4)35(47)45-18-6-8-30(45)33-39-20-29(41-33)26-15-11-24(12-16-26)23-9-13-25(14-10-23)28-19-38-31(40-28)21-44-17-5-7-27(34(44)46)42-36(48)50-3/h9-16,19-20,22,27,30,32H,5-8,17-18,21H2,1-4H3,(H,38,40)(H,39,41)(H,42,48)(H,43,49)/t27?,30-,32?/m1/s1. The molecule has 6 rings (SSSR count). The van der Waals surface area contributed by atoms with Crippen LogP contribution >= 0.6 is 0 Å². The Hall–Kier alpha value is -5.66. The number of hydrogen-bond acceptors (Lipinski definition) is 8. The van der Waals surface area contributed by atoms with Gasteiger partial charge in [0.25, 0.3) is 0 Å². The average Bonchev–Trinajstić information content (AvgIpc) is 3.94. The number of amides is 4. The van der Waals surface area contributed by atoms with Crippen molar-refractivity contribution in [3.63, 3.8) is 0 Å². The van der Waals surface area contributed by atoms with E-state index in [4.69, 9.17) is 4.74 Å². The SMILES string of the molecule is COC(=O)NC1CCCN(Cc2ncc(-c3ccc(-c4ccc(-c5cnc([C@H]6CCCN6C(=O)C(NC(=O)OC)C(C)C)[nH]5)cc4)cc3)[nH]2)C1=O. The Morgan fingerprint density at radius 2 is 1.41 bits per heavy atom. The zero-order chi connectivity index (χ0) is 36.1. The van der Waals surface area contributed by atoms with Gasteiger partial charge in [-0.1, -0.05) is 62.4 Å². The van der Waals surface area contributed by atoms with Crippen LogP contribution in [-0.4, -0.2) is 93.1 Å². The number of aromatic nitrogens is 4. The molecule has 2 aliphatic heterocycles. The molecule has 4 amide bonds. The second kappa shape index (κ2) is 15.5. The van der Waals surface area contributed by atoms with E-state index >= 15 is 0 Å². The maximum atomic E-state index is 13.5. The quantitative estimate of drug-likeness (QED) is 0.179. The monoisotopic (exact) mass is 696 g/mol. The number of methoxy groups -OCH3 is 2. The predicted octanol–water partition coefficient (Wildman–Crippen LogP) is 5.02. The van der Waals surface area contributed by atoms with Crippen molar-refractivity contribution in [1.82, 2.24) is 40.4 Å². The molecule has 2 fully saturated rings. The van der Waals surface area contributed by atoms with Crippen LogP contribution in [0, 0.1) is 5.92 Å². The molecule has 0 spiro atoms. The van der Waals surface area contributed by atoms with Gasteiger partial charge in [-0.3, -0.25) is 9.59 Å². The number of likely N-dealkylation sites (tertiary alicyclic amines) is 2. The van der Waals surface area contributed by atoms with E-state index in [-0.39, 0.29) is 23.8 Å². The minimum Gasteiger partial charge on any atom is -0.453 e. The van der Waals surface area contributed by atoms with Gasteiger partial charge in [0.15, 0.2) is 0 Å². The number of benzene rings is 2. The third-order valence-corrected chi connectivity index (χ3v) is 9.54. The average molecular weight is 697 g/mol. The third-order valence-electron chi connectivity index (χ3n) is 9.54. The maximum Gasteiger partial charge on any atom is 0.407 e. The first kappa shape index (κ1) is 35.2. The number of nitrogens with zero attached hydrogens (tertiary/aromatic N) is 4. The molecule has 0 saturated carbocycles. The van der Waals surface area contributed by atoms with Crippen molar-refractivity contribution in [2.75, 3.05) is 27.3 Å². The first-order valence-electron chi connectivity index (χ1n) is 17.2. The third kappa shape index (κ3) is 7.89. The number of carbonyl (C=O) groups is 4. The normalized spacial score (nSPS) is 18.1. The summed E-state index contributed by atoms with van der Waals surface area (Å²) in [6.45, 7) is 5.31. The van der Waals surface area contributed by atoms with Crippen LogP contribution < -0.4 is 10.6 Å². The summed E-state index contributed by atoms with van der Waals surface area (Å²) in [6.07, 6.45) is 5.31. The van der Waals surface area contributed by atoms with E-state index in [1.807, 2.05) is 38.1 Å². The zero-order valence-corrected chi connectivity index (χ0v) is 29.3. The van der Waals surface area contributed by atoms with Crippen LogP contribution in [0.25, 0.3) is 33.6 Å². The number of aromatic amines is 2. The highest BCUT2D eigenvalue weighted by Crippen LogP contribution is 2.33. The number of H-pyrrole nitrogens is 2. The summed E-state index contributed by atoms with van der Waals surface area (Å²) < 4.78 is 9.39. The lowest BCUT2D eigenvalue weighted by atomic mass is 10.0. The largest absolute Gasteiger partial charge is 0.453 e. The minimum absolute atomic E-state index is 0.102. The summed E-state index contributed by atoms with van der Waals surface area (Å²) in [4.78, 5) is 69.3. The molecule has 14 nitrogen and oxygen atoms in total. The fourth-order valence-electron chi connectivity index (χ4n) is 6.73. The lowest BCUT2D eigenvalue weighted by Crippen LogP contribution is -2.51. The summed E-state index contributed by atoms with van der Waals surface area (Å²) in [5.74, 6) is 1.00. The van der Waals surface area contributed by atoms with Crippen molar-refractivity contribution in [2.45, 2.75) is 64.2 Å². The van der Waals surface area contributed by atoms with E-state index in [0.29, 0.717) is 31.9 Å². The Bertz CT molecular complexity index is 1850. The van der Waals surface area contributed by atoms with Crippen LogP contribution in [-0.2, 0) is 25.6 Å². The van der Waals surface area contributed by atoms with Gasteiger partial charge in [-0.2, -0.15) is 0 Å². The molecule has 2 aromatic carbocycles. The van der Waals surface area contributed by atoms with Crippen molar-refractivity contribution >= 4 is 24.0 Å². The van der Waals surface area contributed by atoms with E-state index < -0.39 is 24.3 Å². The second-order valence-corrected chi connectivity index (χ2v) is 13.2. The second-order valence-electron chi connectivity index (χ2n) is 13.2. The Kier molecular flexibility index (Phi) is 10.7. The van der Waals surface area contributed by atoms with Crippen LogP contribution in [0.3, 0.4) is 0 Å². The van der Waals surface area contributed by atoms with Gasteiger partial charge in [-0.05, 0) is 53.9 Å². The number of rotatable bonds is 10. The summed E-state index contributed by atoms with van der Waals surface area (Å²) in [6, 6.07) is 14.9. The molecular formula is C37H44N8O6. The molecular weight excluding hydrogens is 652 g/mol.